The first-order chi connectivity index (χ1) is 14.8. The number of benzene rings is 2. The van der Waals surface area contributed by atoms with Crippen LogP contribution in [0.4, 0.5) is 4.39 Å². The number of nitrogens with one attached hydrogen (secondary N) is 2. The number of halogens is 1. The molecule has 0 aliphatic carbocycles. The SMILES string of the molecule is CN(C)[C@@H](CNC(=O)c1cccc(S(=O)(=O)NC[C@H]2CCCO2)c1)c1cccc(F)c1. The molecular formula is C22H28FN3O4S. The van der Waals surface area contributed by atoms with Crippen LogP contribution < -0.4 is 10.0 Å². The van der Waals surface area contributed by atoms with Crippen LogP contribution in [-0.2, 0) is 14.8 Å². The van der Waals surface area contributed by atoms with Gasteiger partial charge in [-0.2, -0.15) is 0 Å². The van der Waals surface area contributed by atoms with Crippen molar-refractivity contribution in [2.45, 2.75) is 29.9 Å². The highest BCUT2D eigenvalue weighted by Gasteiger charge is 2.22. The summed E-state index contributed by atoms with van der Waals surface area (Å²) in [5.41, 5.74) is 0.969. The van der Waals surface area contributed by atoms with Gasteiger partial charge in [0.15, 0.2) is 0 Å². The summed E-state index contributed by atoms with van der Waals surface area (Å²) in [6, 6.07) is 11.9. The predicted octanol–water partition coefficient (Wildman–Crippen LogP) is 2.32. The minimum atomic E-state index is -3.76. The third kappa shape index (κ3) is 6.33. The number of hydrogen-bond acceptors (Lipinski definition) is 5. The fourth-order valence-electron chi connectivity index (χ4n) is 3.50. The normalized spacial score (nSPS) is 17.6. The summed E-state index contributed by atoms with van der Waals surface area (Å²) < 4.78 is 46.8. The Hall–Kier alpha value is -2.33. The number of carbonyl (C=O) groups is 1. The van der Waals surface area contributed by atoms with Crippen molar-refractivity contribution in [3.8, 4) is 0 Å². The Kier molecular flexibility index (Phi) is 7.77. The Morgan fingerprint density at radius 1 is 1.23 bits per heavy atom. The van der Waals surface area contributed by atoms with E-state index in [0.29, 0.717) is 6.61 Å². The number of sulfonamides is 1. The molecule has 7 nitrogen and oxygen atoms in total. The Morgan fingerprint density at radius 2 is 2.00 bits per heavy atom. The average molecular weight is 450 g/mol. The molecule has 1 amide bonds. The molecule has 3 rings (SSSR count). The third-order valence-corrected chi connectivity index (χ3v) is 6.67. The molecule has 1 heterocycles. The Balaban J connectivity index is 1.66. The van der Waals surface area contributed by atoms with Crippen LogP contribution in [0, 0.1) is 5.82 Å². The minimum Gasteiger partial charge on any atom is -0.377 e. The van der Waals surface area contributed by atoms with Crippen molar-refractivity contribution in [3.63, 3.8) is 0 Å². The highest BCUT2D eigenvalue weighted by Crippen LogP contribution is 2.19. The first-order valence-corrected chi connectivity index (χ1v) is 11.7. The fourth-order valence-corrected chi connectivity index (χ4v) is 4.61. The van der Waals surface area contributed by atoms with Crippen molar-refractivity contribution in [1.29, 1.82) is 0 Å². The van der Waals surface area contributed by atoms with E-state index in [0.717, 1.165) is 18.4 Å². The van der Waals surface area contributed by atoms with E-state index in [9.17, 15) is 17.6 Å². The lowest BCUT2D eigenvalue weighted by Crippen LogP contribution is -2.35. The number of ether oxygens (including phenoxy) is 1. The molecule has 1 fully saturated rings. The average Bonchev–Trinajstić information content (AvgIpc) is 3.26. The van der Waals surface area contributed by atoms with Crippen molar-refractivity contribution in [3.05, 3.63) is 65.5 Å². The van der Waals surface area contributed by atoms with Gasteiger partial charge in [-0.25, -0.2) is 17.5 Å². The molecule has 1 aliphatic heterocycles. The molecule has 9 heteroatoms. The molecule has 2 aromatic carbocycles. The fraction of sp³-hybridized carbons (Fsp3) is 0.409. The van der Waals surface area contributed by atoms with Crippen LogP contribution in [-0.4, -0.2) is 59.1 Å². The number of nitrogens with zero attached hydrogens (tertiary/aromatic N) is 1. The standard InChI is InChI=1S/C22H28FN3O4S/c1-26(2)21(16-6-3-8-18(23)12-16)15-24-22(27)17-7-4-10-20(13-17)31(28,29)25-14-19-9-5-11-30-19/h3-4,6-8,10,12-13,19,21,25H,5,9,11,14-15H2,1-2H3,(H,24,27)/t19-,21+/m1/s1. The topological polar surface area (TPSA) is 87.7 Å². The maximum atomic E-state index is 13.6. The van der Waals surface area contributed by atoms with E-state index in [-0.39, 0.29) is 41.5 Å². The van der Waals surface area contributed by atoms with E-state index in [2.05, 4.69) is 10.0 Å². The molecule has 1 saturated heterocycles. The van der Waals surface area contributed by atoms with Gasteiger partial charge in [-0.15, -0.1) is 0 Å². The number of hydrogen-bond donors (Lipinski definition) is 2. The largest absolute Gasteiger partial charge is 0.377 e. The molecule has 0 unspecified atom stereocenters. The van der Waals surface area contributed by atoms with Gasteiger partial charge in [0.2, 0.25) is 10.0 Å². The predicted molar refractivity (Wildman–Crippen MR) is 116 cm³/mol. The van der Waals surface area contributed by atoms with Crippen LogP contribution in [0.15, 0.2) is 53.4 Å². The van der Waals surface area contributed by atoms with E-state index >= 15 is 0 Å². The summed E-state index contributed by atoms with van der Waals surface area (Å²) in [6.45, 7) is 1.09. The van der Waals surface area contributed by atoms with Crippen molar-refractivity contribution >= 4 is 15.9 Å². The lowest BCUT2D eigenvalue weighted by molar-refractivity contribution is 0.0941. The van der Waals surface area contributed by atoms with Gasteiger partial charge in [-0.1, -0.05) is 18.2 Å². The number of amides is 1. The Labute approximate surface area is 182 Å². The van der Waals surface area contributed by atoms with Gasteiger partial charge in [-0.05, 0) is 62.8 Å². The second-order valence-electron chi connectivity index (χ2n) is 7.76. The second-order valence-corrected chi connectivity index (χ2v) is 9.53. The Morgan fingerprint density at radius 3 is 2.68 bits per heavy atom. The zero-order valence-corrected chi connectivity index (χ0v) is 18.5. The van der Waals surface area contributed by atoms with Crippen LogP contribution in [0.1, 0.15) is 34.8 Å². The lowest BCUT2D eigenvalue weighted by atomic mass is 10.1. The van der Waals surface area contributed by atoms with Crippen LogP contribution in [0.25, 0.3) is 0 Å². The van der Waals surface area contributed by atoms with Crippen LogP contribution in [0.3, 0.4) is 0 Å². The maximum Gasteiger partial charge on any atom is 0.251 e. The molecule has 168 valence electrons. The molecule has 0 aromatic heterocycles. The summed E-state index contributed by atoms with van der Waals surface area (Å²) in [5, 5.41) is 2.82. The Bertz CT molecular complexity index is 1010. The summed E-state index contributed by atoms with van der Waals surface area (Å²) in [5.74, 6) is -0.747. The monoisotopic (exact) mass is 449 g/mol. The number of rotatable bonds is 9. The maximum absolute atomic E-state index is 13.6. The van der Waals surface area contributed by atoms with E-state index < -0.39 is 15.9 Å². The molecule has 0 bridgehead atoms. The molecule has 2 aromatic rings. The van der Waals surface area contributed by atoms with Gasteiger partial charge < -0.3 is 15.0 Å². The number of likely N-dealkylation sites (N-methyl/N-ethyl adjacent to an activating group) is 1. The molecule has 0 spiro atoms. The van der Waals surface area contributed by atoms with Gasteiger partial charge in [0.1, 0.15) is 5.82 Å². The summed E-state index contributed by atoms with van der Waals surface area (Å²) in [7, 11) is -0.0723. The summed E-state index contributed by atoms with van der Waals surface area (Å²) in [6.07, 6.45) is 1.63. The second kappa shape index (κ2) is 10.3. The van der Waals surface area contributed by atoms with E-state index in [1.165, 1.54) is 30.3 Å². The van der Waals surface area contributed by atoms with Crippen LogP contribution in [0.2, 0.25) is 0 Å². The van der Waals surface area contributed by atoms with Gasteiger partial charge in [0, 0.05) is 25.3 Å². The quantitative estimate of drug-likeness (QED) is 0.614. The summed E-state index contributed by atoms with van der Waals surface area (Å²) in [4.78, 5) is 14.6. The molecular weight excluding hydrogens is 421 g/mol. The first-order valence-electron chi connectivity index (χ1n) is 10.2. The van der Waals surface area contributed by atoms with E-state index in [1.807, 2.05) is 19.0 Å². The number of carbonyl (C=O) groups excluding carboxylic acids is 1. The van der Waals surface area contributed by atoms with Crippen molar-refractivity contribution in [2.75, 3.05) is 33.8 Å². The molecule has 0 saturated carbocycles. The zero-order chi connectivity index (χ0) is 22.4. The summed E-state index contributed by atoms with van der Waals surface area (Å²) >= 11 is 0. The smallest absolute Gasteiger partial charge is 0.251 e. The molecule has 0 radical (unpaired) electrons. The zero-order valence-electron chi connectivity index (χ0n) is 17.7. The van der Waals surface area contributed by atoms with Crippen LogP contribution >= 0.6 is 0 Å². The van der Waals surface area contributed by atoms with Crippen LogP contribution in [0.5, 0.6) is 0 Å². The van der Waals surface area contributed by atoms with Gasteiger partial charge in [0.05, 0.1) is 17.0 Å². The molecule has 2 atom stereocenters. The van der Waals surface area contributed by atoms with Gasteiger partial charge in [0.25, 0.3) is 5.91 Å². The third-order valence-electron chi connectivity index (χ3n) is 5.24. The van der Waals surface area contributed by atoms with E-state index in [4.69, 9.17) is 4.74 Å². The van der Waals surface area contributed by atoms with E-state index in [1.54, 1.807) is 18.2 Å². The minimum absolute atomic E-state index is 0.0208. The molecule has 31 heavy (non-hydrogen) atoms. The molecule has 2 N–H and O–H groups in total. The first kappa shape index (κ1) is 23.3. The lowest BCUT2D eigenvalue weighted by Gasteiger charge is -2.25. The van der Waals surface area contributed by atoms with Gasteiger partial charge >= 0.3 is 0 Å². The van der Waals surface area contributed by atoms with Gasteiger partial charge in [-0.3, -0.25) is 4.79 Å². The van der Waals surface area contributed by atoms with Crippen molar-refractivity contribution in [1.82, 2.24) is 14.9 Å². The van der Waals surface area contributed by atoms with Crippen molar-refractivity contribution in [2.24, 2.45) is 0 Å². The van der Waals surface area contributed by atoms with Crippen molar-refractivity contribution < 1.29 is 22.3 Å². The highest BCUT2D eigenvalue weighted by molar-refractivity contribution is 7.89. The molecule has 1 aliphatic rings. The highest BCUT2D eigenvalue weighted by atomic mass is 32.2.